The molecule has 5 nitrogen and oxygen atoms in total. The van der Waals surface area contributed by atoms with Gasteiger partial charge in [-0.15, -0.1) is 0 Å². The lowest BCUT2D eigenvalue weighted by Crippen LogP contribution is -2.51. The molecule has 0 spiro atoms. The Morgan fingerprint density at radius 3 is 2.21 bits per heavy atom. The Balaban J connectivity index is 2.75. The van der Waals surface area contributed by atoms with E-state index in [1.807, 2.05) is 0 Å². The number of hydrogen-bond acceptors (Lipinski definition) is 3. The highest BCUT2D eigenvalue weighted by Gasteiger charge is 2.75. The number of rotatable bonds is 4. The Morgan fingerprint density at radius 1 is 1.17 bits per heavy atom. The van der Waals surface area contributed by atoms with E-state index in [9.17, 15) is 40.8 Å². The van der Waals surface area contributed by atoms with Crippen molar-refractivity contribution in [3.05, 3.63) is 34.1 Å². The number of fused-ring (bicyclic) bond motifs is 1. The Labute approximate surface area is 128 Å². The van der Waals surface area contributed by atoms with Gasteiger partial charge in [0.15, 0.2) is 5.82 Å². The average Bonchev–Trinajstić information content (AvgIpc) is 2.83. The molecule has 0 aliphatic carbocycles. The summed E-state index contributed by atoms with van der Waals surface area (Å²) in [5, 5.41) is 10.7. The number of nitrogens with zero attached hydrogens (tertiary/aromatic N) is 3. The number of benzene rings is 1. The summed E-state index contributed by atoms with van der Waals surface area (Å²) in [7, 11) is 0. The van der Waals surface area contributed by atoms with Crippen LogP contribution >= 0.6 is 0 Å². The molecule has 0 atom stereocenters. The number of aromatic nitrogens is 2. The number of alkyl halides is 7. The summed E-state index contributed by atoms with van der Waals surface area (Å²) >= 11 is 0. The van der Waals surface area contributed by atoms with Crippen molar-refractivity contribution in [2.75, 3.05) is 0 Å². The maximum atomic E-state index is 13.9. The van der Waals surface area contributed by atoms with Gasteiger partial charge in [0.2, 0.25) is 0 Å². The van der Waals surface area contributed by atoms with E-state index in [1.165, 1.54) is 6.92 Å². The number of nitro benzene ring substituents is 1. The molecule has 0 amide bonds. The minimum Gasteiger partial charge on any atom is -0.323 e. The van der Waals surface area contributed by atoms with Crippen LogP contribution in [-0.4, -0.2) is 26.6 Å². The molecule has 0 radical (unpaired) electrons. The van der Waals surface area contributed by atoms with Crippen LogP contribution in [0.3, 0.4) is 0 Å². The molecule has 0 unspecified atom stereocenters. The first-order valence-corrected chi connectivity index (χ1v) is 6.32. The van der Waals surface area contributed by atoms with Gasteiger partial charge in [0.25, 0.3) is 5.69 Å². The summed E-state index contributed by atoms with van der Waals surface area (Å²) in [6.07, 6.45) is -6.50. The van der Waals surface area contributed by atoms with Crippen molar-refractivity contribution in [2.24, 2.45) is 0 Å². The van der Waals surface area contributed by atoms with Crippen LogP contribution in [0, 0.1) is 10.1 Å². The summed E-state index contributed by atoms with van der Waals surface area (Å²) in [4.78, 5) is 13.0. The second-order valence-corrected chi connectivity index (χ2v) is 4.76. The molecule has 0 saturated heterocycles. The fraction of sp³-hybridized carbons (Fsp3) is 0.417. The molecular weight excluding hydrogens is 351 g/mol. The van der Waals surface area contributed by atoms with Gasteiger partial charge in [0.1, 0.15) is 0 Å². The van der Waals surface area contributed by atoms with Crippen LogP contribution in [0.5, 0.6) is 0 Å². The number of halogens is 7. The van der Waals surface area contributed by atoms with E-state index in [-0.39, 0.29) is 11.0 Å². The number of nitro groups is 1. The zero-order valence-corrected chi connectivity index (χ0v) is 11.7. The first kappa shape index (κ1) is 17.9. The first-order chi connectivity index (χ1) is 10.8. The van der Waals surface area contributed by atoms with Crippen molar-refractivity contribution in [3.63, 3.8) is 0 Å². The molecule has 0 saturated carbocycles. The van der Waals surface area contributed by atoms with Crippen LogP contribution in [0.15, 0.2) is 18.2 Å². The van der Waals surface area contributed by atoms with Gasteiger partial charge in [-0.2, -0.15) is 30.7 Å². The summed E-state index contributed by atoms with van der Waals surface area (Å²) < 4.78 is 91.5. The van der Waals surface area contributed by atoms with Gasteiger partial charge in [-0.25, -0.2) is 4.98 Å². The van der Waals surface area contributed by atoms with E-state index in [1.54, 1.807) is 0 Å². The van der Waals surface area contributed by atoms with Gasteiger partial charge in [0, 0.05) is 18.7 Å². The topological polar surface area (TPSA) is 61.0 Å². The predicted octanol–water partition coefficient (Wildman–Crippen LogP) is 4.25. The third-order valence-corrected chi connectivity index (χ3v) is 3.29. The lowest BCUT2D eigenvalue weighted by Gasteiger charge is -2.27. The smallest absolute Gasteiger partial charge is 0.323 e. The summed E-state index contributed by atoms with van der Waals surface area (Å²) in [5.41, 5.74) is -1.26. The molecule has 0 fully saturated rings. The molecule has 24 heavy (non-hydrogen) atoms. The molecule has 0 aliphatic rings. The van der Waals surface area contributed by atoms with Crippen LogP contribution in [0.25, 0.3) is 11.0 Å². The first-order valence-electron chi connectivity index (χ1n) is 6.32. The van der Waals surface area contributed by atoms with E-state index in [4.69, 9.17) is 0 Å². The van der Waals surface area contributed by atoms with Crippen LogP contribution in [0.2, 0.25) is 0 Å². The van der Waals surface area contributed by atoms with Crippen LogP contribution in [-0.2, 0) is 12.5 Å². The van der Waals surface area contributed by atoms with Crippen LogP contribution in [0.1, 0.15) is 12.7 Å². The van der Waals surface area contributed by atoms with Crippen LogP contribution < -0.4 is 0 Å². The van der Waals surface area contributed by atoms with E-state index in [2.05, 4.69) is 4.98 Å². The zero-order chi connectivity index (χ0) is 18.5. The second kappa shape index (κ2) is 5.31. The van der Waals surface area contributed by atoms with Crippen molar-refractivity contribution in [3.8, 4) is 0 Å². The molecule has 2 aromatic rings. The van der Waals surface area contributed by atoms with E-state index >= 15 is 0 Å². The van der Waals surface area contributed by atoms with Gasteiger partial charge in [-0.1, -0.05) is 0 Å². The van der Waals surface area contributed by atoms with Gasteiger partial charge >= 0.3 is 18.0 Å². The highest BCUT2D eigenvalue weighted by molar-refractivity contribution is 5.79. The number of imidazole rings is 1. The van der Waals surface area contributed by atoms with Crippen LogP contribution in [0.4, 0.5) is 36.4 Å². The average molecular weight is 359 g/mol. The zero-order valence-electron chi connectivity index (χ0n) is 11.7. The summed E-state index contributed by atoms with van der Waals surface area (Å²) in [6.45, 7) is 0.752. The van der Waals surface area contributed by atoms with E-state index in [0.29, 0.717) is 4.57 Å². The minimum absolute atomic E-state index is 0.348. The largest absolute Gasteiger partial charge is 0.460 e. The Kier molecular flexibility index (Phi) is 3.97. The maximum absolute atomic E-state index is 13.9. The molecule has 0 bridgehead atoms. The van der Waals surface area contributed by atoms with Gasteiger partial charge in [-0.3, -0.25) is 10.1 Å². The summed E-state index contributed by atoms with van der Waals surface area (Å²) in [5.74, 6) is -13.8. The maximum Gasteiger partial charge on any atom is 0.460 e. The van der Waals surface area contributed by atoms with Crippen molar-refractivity contribution < 1.29 is 35.7 Å². The van der Waals surface area contributed by atoms with Crippen molar-refractivity contribution in [1.82, 2.24) is 9.55 Å². The Hall–Kier alpha value is -2.40. The lowest BCUT2D eigenvalue weighted by atomic mass is 10.1. The summed E-state index contributed by atoms with van der Waals surface area (Å²) in [6, 6.07) is 2.54. The van der Waals surface area contributed by atoms with Crippen molar-refractivity contribution in [1.29, 1.82) is 0 Å². The highest BCUT2D eigenvalue weighted by atomic mass is 19.4. The quantitative estimate of drug-likeness (QED) is 0.466. The Morgan fingerprint density at radius 2 is 1.75 bits per heavy atom. The third-order valence-electron chi connectivity index (χ3n) is 3.29. The number of non-ortho nitro benzene ring substituents is 1. The second-order valence-electron chi connectivity index (χ2n) is 4.76. The van der Waals surface area contributed by atoms with Gasteiger partial charge in [0.05, 0.1) is 16.0 Å². The highest BCUT2D eigenvalue weighted by Crippen LogP contribution is 2.51. The molecule has 132 valence electrons. The standard InChI is InChI=1S/C12H8F7N3O2/c1-2-21-8-5-6(22(23)24)3-4-7(8)20-9(21)10(13,14)11(15,16)12(17,18)19/h3-5H,2H2,1H3. The lowest BCUT2D eigenvalue weighted by molar-refractivity contribution is -0.384. The minimum atomic E-state index is -6.50. The van der Waals surface area contributed by atoms with E-state index < -0.39 is 41.0 Å². The Bertz CT molecular complexity index is 798. The molecule has 1 aromatic carbocycles. The van der Waals surface area contributed by atoms with E-state index in [0.717, 1.165) is 18.2 Å². The molecule has 1 aromatic heterocycles. The molecule has 0 N–H and O–H groups in total. The monoisotopic (exact) mass is 359 g/mol. The molecule has 1 heterocycles. The van der Waals surface area contributed by atoms with Crippen molar-refractivity contribution in [2.45, 2.75) is 31.5 Å². The molecule has 2 rings (SSSR count). The molecular formula is C12H8F7N3O2. The SMILES string of the molecule is CCn1c(C(F)(F)C(F)(F)C(F)(F)F)nc2ccc([N+](=O)[O-])cc21. The molecule has 12 heteroatoms. The van der Waals surface area contributed by atoms with Gasteiger partial charge in [-0.05, 0) is 13.0 Å². The van der Waals surface area contributed by atoms with Crippen molar-refractivity contribution >= 4 is 16.7 Å². The number of hydrogen-bond donors (Lipinski definition) is 0. The fourth-order valence-electron chi connectivity index (χ4n) is 2.10. The van der Waals surface area contributed by atoms with Gasteiger partial charge < -0.3 is 4.57 Å². The number of aryl methyl sites for hydroxylation is 1. The molecule has 0 aliphatic heterocycles. The third kappa shape index (κ3) is 2.45. The fourth-order valence-corrected chi connectivity index (χ4v) is 2.10. The predicted molar refractivity (Wildman–Crippen MR) is 67.0 cm³/mol. The normalized spacial score (nSPS) is 13.5.